The molecule has 0 bridgehead atoms. The Labute approximate surface area is 152 Å². The van der Waals surface area contributed by atoms with Crippen molar-refractivity contribution in [1.29, 1.82) is 0 Å². The van der Waals surface area contributed by atoms with E-state index in [1.54, 1.807) is 36.5 Å². The lowest BCUT2D eigenvalue weighted by atomic mass is 10.0. The Hall–Kier alpha value is -3.25. The summed E-state index contributed by atoms with van der Waals surface area (Å²) in [5.74, 6) is -0.203. The van der Waals surface area contributed by atoms with E-state index in [-0.39, 0.29) is 5.91 Å². The van der Waals surface area contributed by atoms with Gasteiger partial charge in [0.15, 0.2) is 0 Å². The molecule has 0 radical (unpaired) electrons. The van der Waals surface area contributed by atoms with Gasteiger partial charge >= 0.3 is 0 Å². The van der Waals surface area contributed by atoms with E-state index in [1.165, 1.54) is 6.08 Å². The number of hydrogen-bond acceptors (Lipinski definition) is 4. The van der Waals surface area contributed by atoms with Gasteiger partial charge in [-0.1, -0.05) is 12.1 Å². The standard InChI is InChI=1S/C20H20N4O2/c1-24-13-17(12-22-24)19-9-10-21-11-16(19)5-8-20(25)23-18-6-3-15(4-7-18)14-26-2/h3-13H,14H2,1-2H3,(H,23,25)/b8-5+. The number of nitrogens with zero attached hydrogens (tertiary/aromatic N) is 3. The van der Waals surface area contributed by atoms with Crippen molar-refractivity contribution in [3.05, 3.63) is 72.3 Å². The van der Waals surface area contributed by atoms with Crippen molar-refractivity contribution in [2.24, 2.45) is 7.05 Å². The summed E-state index contributed by atoms with van der Waals surface area (Å²) < 4.78 is 6.81. The van der Waals surface area contributed by atoms with Crippen molar-refractivity contribution in [1.82, 2.24) is 14.8 Å². The molecule has 0 aliphatic heterocycles. The summed E-state index contributed by atoms with van der Waals surface area (Å²) in [6.45, 7) is 0.548. The number of pyridine rings is 1. The van der Waals surface area contributed by atoms with Crippen LogP contribution >= 0.6 is 0 Å². The monoisotopic (exact) mass is 348 g/mol. The largest absolute Gasteiger partial charge is 0.380 e. The van der Waals surface area contributed by atoms with Crippen LogP contribution in [0.5, 0.6) is 0 Å². The van der Waals surface area contributed by atoms with E-state index in [4.69, 9.17) is 4.74 Å². The van der Waals surface area contributed by atoms with Gasteiger partial charge in [-0.2, -0.15) is 5.10 Å². The lowest BCUT2D eigenvalue weighted by Crippen LogP contribution is -2.07. The Balaban J connectivity index is 1.71. The van der Waals surface area contributed by atoms with Crippen LogP contribution < -0.4 is 5.32 Å². The van der Waals surface area contributed by atoms with Crippen LogP contribution in [-0.2, 0) is 23.2 Å². The fourth-order valence-electron chi connectivity index (χ4n) is 2.56. The first kappa shape index (κ1) is 17.6. The zero-order valence-electron chi connectivity index (χ0n) is 14.7. The van der Waals surface area contributed by atoms with Gasteiger partial charge in [-0.05, 0) is 35.4 Å². The number of methoxy groups -OCH3 is 1. The number of carbonyl (C=O) groups is 1. The van der Waals surface area contributed by atoms with E-state index >= 15 is 0 Å². The summed E-state index contributed by atoms with van der Waals surface area (Å²) in [6.07, 6.45) is 10.4. The topological polar surface area (TPSA) is 69.0 Å². The van der Waals surface area contributed by atoms with E-state index in [1.807, 2.05) is 43.6 Å². The Morgan fingerprint density at radius 1 is 1.23 bits per heavy atom. The zero-order chi connectivity index (χ0) is 18.4. The number of aryl methyl sites for hydroxylation is 1. The first-order valence-electron chi connectivity index (χ1n) is 8.15. The minimum Gasteiger partial charge on any atom is -0.380 e. The SMILES string of the molecule is COCc1ccc(NC(=O)/C=C/c2cnccc2-c2cnn(C)c2)cc1. The highest BCUT2D eigenvalue weighted by Gasteiger charge is 2.06. The summed E-state index contributed by atoms with van der Waals surface area (Å²) in [6, 6.07) is 9.45. The number of ether oxygens (including phenoxy) is 1. The highest BCUT2D eigenvalue weighted by molar-refractivity contribution is 6.02. The maximum atomic E-state index is 12.2. The minimum atomic E-state index is -0.203. The van der Waals surface area contributed by atoms with Crippen LogP contribution in [0.25, 0.3) is 17.2 Å². The molecular weight excluding hydrogens is 328 g/mol. The summed E-state index contributed by atoms with van der Waals surface area (Å²) in [5, 5.41) is 7.03. The predicted molar refractivity (Wildman–Crippen MR) is 101 cm³/mol. The van der Waals surface area contributed by atoms with Gasteiger partial charge in [0.2, 0.25) is 5.91 Å². The Morgan fingerprint density at radius 3 is 2.73 bits per heavy atom. The van der Waals surface area contributed by atoms with Crippen molar-refractivity contribution < 1.29 is 9.53 Å². The van der Waals surface area contributed by atoms with Crippen molar-refractivity contribution in [3.8, 4) is 11.1 Å². The van der Waals surface area contributed by atoms with Crippen molar-refractivity contribution in [2.75, 3.05) is 12.4 Å². The maximum Gasteiger partial charge on any atom is 0.248 e. The first-order valence-corrected chi connectivity index (χ1v) is 8.15. The second-order valence-corrected chi connectivity index (χ2v) is 5.82. The average molecular weight is 348 g/mol. The van der Waals surface area contributed by atoms with Crippen LogP contribution in [0, 0.1) is 0 Å². The van der Waals surface area contributed by atoms with Crippen molar-refractivity contribution in [3.63, 3.8) is 0 Å². The molecule has 26 heavy (non-hydrogen) atoms. The molecule has 0 atom stereocenters. The third kappa shape index (κ3) is 4.43. The second-order valence-electron chi connectivity index (χ2n) is 5.82. The predicted octanol–water partition coefficient (Wildman–Crippen LogP) is 3.28. The quantitative estimate of drug-likeness (QED) is 0.694. The molecule has 0 unspecified atom stereocenters. The van der Waals surface area contributed by atoms with Gasteiger partial charge in [-0.3, -0.25) is 14.5 Å². The Bertz CT molecular complexity index is 914. The average Bonchev–Trinajstić information content (AvgIpc) is 3.08. The van der Waals surface area contributed by atoms with Crippen molar-refractivity contribution in [2.45, 2.75) is 6.61 Å². The van der Waals surface area contributed by atoms with Crippen LogP contribution in [0.3, 0.4) is 0 Å². The lowest BCUT2D eigenvalue weighted by molar-refractivity contribution is -0.111. The molecule has 0 spiro atoms. The van der Waals surface area contributed by atoms with Crippen LogP contribution in [0.15, 0.2) is 61.2 Å². The molecule has 6 nitrogen and oxygen atoms in total. The molecule has 1 amide bonds. The van der Waals surface area contributed by atoms with Gasteiger partial charge < -0.3 is 10.1 Å². The fraction of sp³-hybridized carbons (Fsp3) is 0.150. The third-order valence-corrected chi connectivity index (χ3v) is 3.81. The summed E-state index contributed by atoms with van der Waals surface area (Å²) >= 11 is 0. The molecule has 3 rings (SSSR count). The zero-order valence-corrected chi connectivity index (χ0v) is 14.7. The van der Waals surface area contributed by atoms with Crippen LogP contribution in [-0.4, -0.2) is 27.8 Å². The molecule has 1 aromatic carbocycles. The van der Waals surface area contributed by atoms with E-state index in [9.17, 15) is 4.79 Å². The molecular formula is C20H20N4O2. The van der Waals surface area contributed by atoms with Crippen LogP contribution in [0.4, 0.5) is 5.69 Å². The Kier molecular flexibility index (Phi) is 5.56. The summed E-state index contributed by atoms with van der Waals surface area (Å²) in [7, 11) is 3.52. The van der Waals surface area contributed by atoms with Gasteiger partial charge in [-0.25, -0.2) is 0 Å². The summed E-state index contributed by atoms with van der Waals surface area (Å²) in [4.78, 5) is 16.3. The normalized spacial score (nSPS) is 11.0. The first-order chi connectivity index (χ1) is 12.7. The van der Waals surface area contributed by atoms with E-state index in [2.05, 4.69) is 15.4 Å². The number of aromatic nitrogens is 3. The number of rotatable bonds is 6. The van der Waals surface area contributed by atoms with Gasteiger partial charge in [0.25, 0.3) is 0 Å². The number of benzene rings is 1. The van der Waals surface area contributed by atoms with E-state index in [0.717, 1.165) is 27.9 Å². The maximum absolute atomic E-state index is 12.2. The van der Waals surface area contributed by atoms with Gasteiger partial charge in [0.05, 0.1) is 12.8 Å². The molecule has 0 saturated heterocycles. The molecule has 0 aliphatic carbocycles. The number of hydrogen-bond donors (Lipinski definition) is 1. The summed E-state index contributed by atoms with van der Waals surface area (Å²) in [5.41, 5.74) is 4.59. The lowest BCUT2D eigenvalue weighted by Gasteiger charge is -2.05. The van der Waals surface area contributed by atoms with Crippen LogP contribution in [0.2, 0.25) is 0 Å². The number of amides is 1. The number of nitrogens with one attached hydrogen (secondary N) is 1. The van der Waals surface area contributed by atoms with Gasteiger partial charge in [0, 0.05) is 55.6 Å². The highest BCUT2D eigenvalue weighted by atomic mass is 16.5. The molecule has 132 valence electrons. The molecule has 0 fully saturated rings. The van der Waals surface area contributed by atoms with E-state index < -0.39 is 0 Å². The molecule has 2 aromatic heterocycles. The molecule has 0 saturated carbocycles. The molecule has 1 N–H and O–H groups in total. The third-order valence-electron chi connectivity index (χ3n) is 3.81. The van der Waals surface area contributed by atoms with Gasteiger partial charge in [-0.15, -0.1) is 0 Å². The smallest absolute Gasteiger partial charge is 0.248 e. The molecule has 3 aromatic rings. The Morgan fingerprint density at radius 2 is 2.04 bits per heavy atom. The molecule has 0 aliphatic rings. The number of carbonyl (C=O) groups excluding carboxylic acids is 1. The minimum absolute atomic E-state index is 0.203. The van der Waals surface area contributed by atoms with Crippen molar-refractivity contribution >= 4 is 17.7 Å². The fourth-order valence-corrected chi connectivity index (χ4v) is 2.56. The molecule has 6 heteroatoms. The highest BCUT2D eigenvalue weighted by Crippen LogP contribution is 2.23. The molecule has 2 heterocycles. The number of anilines is 1. The van der Waals surface area contributed by atoms with Crippen LogP contribution in [0.1, 0.15) is 11.1 Å². The van der Waals surface area contributed by atoms with E-state index in [0.29, 0.717) is 6.61 Å². The van der Waals surface area contributed by atoms with Gasteiger partial charge in [0.1, 0.15) is 0 Å². The second kappa shape index (κ2) is 8.22.